The number of nitrogens with zero attached hydrogens (tertiary/aromatic N) is 2. The van der Waals surface area contributed by atoms with Crippen LogP contribution in [0.3, 0.4) is 0 Å². The number of rotatable bonds is 5. The van der Waals surface area contributed by atoms with Gasteiger partial charge in [0.2, 0.25) is 0 Å². The van der Waals surface area contributed by atoms with Crippen molar-refractivity contribution in [2.24, 2.45) is 7.05 Å². The van der Waals surface area contributed by atoms with Gasteiger partial charge in [0.05, 0.1) is 39.3 Å². The molecule has 4 aromatic rings. The maximum Gasteiger partial charge on any atom is 0.354 e. The zero-order valence-electron chi connectivity index (χ0n) is 19.1. The van der Waals surface area contributed by atoms with Crippen LogP contribution in [0.4, 0.5) is 0 Å². The summed E-state index contributed by atoms with van der Waals surface area (Å²) >= 11 is 12.2. The number of hydrogen-bond acceptors (Lipinski definition) is 5. The van der Waals surface area contributed by atoms with Crippen molar-refractivity contribution in [1.29, 1.82) is 0 Å². The summed E-state index contributed by atoms with van der Waals surface area (Å²) in [7, 11) is 2.77. The molecule has 0 atom stereocenters. The van der Waals surface area contributed by atoms with Crippen LogP contribution in [0.25, 0.3) is 22.7 Å². The lowest BCUT2D eigenvalue weighted by Gasteiger charge is -2.12. The minimum absolute atomic E-state index is 0.0116. The van der Waals surface area contributed by atoms with Crippen molar-refractivity contribution in [3.63, 3.8) is 0 Å². The molecule has 1 N–H and O–H groups in total. The summed E-state index contributed by atoms with van der Waals surface area (Å²) in [6.07, 6.45) is 1.39. The van der Waals surface area contributed by atoms with Crippen LogP contribution >= 0.6 is 23.2 Å². The van der Waals surface area contributed by atoms with Crippen LogP contribution in [0.2, 0.25) is 10.0 Å². The summed E-state index contributed by atoms with van der Waals surface area (Å²) < 4.78 is 7.25. The molecule has 0 aliphatic heterocycles. The van der Waals surface area contributed by atoms with E-state index in [1.165, 1.54) is 29.9 Å². The number of amides is 1. The third kappa shape index (κ3) is 4.68. The quantitative estimate of drug-likeness (QED) is 0.315. The van der Waals surface area contributed by atoms with Crippen LogP contribution in [0.15, 0.2) is 82.0 Å². The van der Waals surface area contributed by atoms with Crippen LogP contribution in [-0.4, -0.2) is 28.1 Å². The Morgan fingerprint density at radius 2 is 1.56 bits per heavy atom. The Morgan fingerprint density at radius 1 is 0.917 bits per heavy atom. The molecule has 0 saturated heterocycles. The lowest BCUT2D eigenvalue weighted by molar-refractivity contribution is -0.136. The van der Waals surface area contributed by atoms with Gasteiger partial charge < -0.3 is 10.1 Å². The van der Waals surface area contributed by atoms with E-state index in [0.29, 0.717) is 22.2 Å². The second kappa shape index (κ2) is 10.2. The number of esters is 1. The molecule has 0 aliphatic carbocycles. The Kier molecular flexibility index (Phi) is 7.10. The van der Waals surface area contributed by atoms with E-state index in [2.05, 4.69) is 5.32 Å². The van der Waals surface area contributed by atoms with Crippen molar-refractivity contribution in [2.75, 3.05) is 7.11 Å². The molecule has 182 valence electrons. The summed E-state index contributed by atoms with van der Waals surface area (Å²) in [5.74, 6) is -1.49. The molecule has 0 aliphatic rings. The van der Waals surface area contributed by atoms with Gasteiger partial charge in [0, 0.05) is 7.05 Å². The third-order valence-electron chi connectivity index (χ3n) is 5.48. The summed E-state index contributed by atoms with van der Waals surface area (Å²) in [6, 6.07) is 17.7. The Bertz CT molecular complexity index is 1630. The van der Waals surface area contributed by atoms with Crippen molar-refractivity contribution >= 4 is 52.1 Å². The number of aryl methyl sites for hydroxylation is 1. The molecular formula is C26H19Cl2N3O5. The molecular weight excluding hydrogens is 505 g/mol. The number of carbonyl (C=O) groups excluding carboxylic acids is 2. The molecule has 1 amide bonds. The molecule has 0 fully saturated rings. The summed E-state index contributed by atoms with van der Waals surface area (Å²) in [5.41, 5.74) is 0.269. The van der Waals surface area contributed by atoms with E-state index in [4.69, 9.17) is 27.9 Å². The molecule has 1 heterocycles. The molecule has 0 bridgehead atoms. The zero-order valence-corrected chi connectivity index (χ0v) is 20.6. The Labute approximate surface area is 215 Å². The first-order valence-corrected chi connectivity index (χ1v) is 11.3. The van der Waals surface area contributed by atoms with E-state index >= 15 is 0 Å². The predicted molar refractivity (Wildman–Crippen MR) is 139 cm³/mol. The van der Waals surface area contributed by atoms with Gasteiger partial charge in [0.1, 0.15) is 5.70 Å². The monoisotopic (exact) mass is 523 g/mol. The number of halogens is 2. The smallest absolute Gasteiger partial charge is 0.354 e. The van der Waals surface area contributed by atoms with E-state index in [1.54, 1.807) is 61.6 Å². The average Bonchev–Trinajstić information content (AvgIpc) is 2.87. The molecule has 1 aromatic heterocycles. The van der Waals surface area contributed by atoms with Gasteiger partial charge in [-0.25, -0.2) is 14.2 Å². The zero-order chi connectivity index (χ0) is 26.0. The number of nitrogens with one attached hydrogen (secondary N) is 1. The van der Waals surface area contributed by atoms with Crippen molar-refractivity contribution in [3.05, 3.63) is 114 Å². The minimum Gasteiger partial charge on any atom is -0.464 e. The van der Waals surface area contributed by atoms with E-state index in [0.717, 1.165) is 4.57 Å². The molecule has 10 heteroatoms. The number of fused-ring (bicyclic) bond motifs is 1. The van der Waals surface area contributed by atoms with Crippen molar-refractivity contribution < 1.29 is 14.3 Å². The van der Waals surface area contributed by atoms with Gasteiger partial charge in [-0.2, -0.15) is 0 Å². The molecule has 0 saturated carbocycles. The molecule has 8 nitrogen and oxygen atoms in total. The number of hydrogen-bond donors (Lipinski definition) is 1. The normalized spacial score (nSPS) is 11.4. The van der Waals surface area contributed by atoms with Crippen LogP contribution in [0, 0.1) is 0 Å². The lowest BCUT2D eigenvalue weighted by atomic mass is 10.1. The van der Waals surface area contributed by atoms with Gasteiger partial charge in [0.15, 0.2) is 0 Å². The Morgan fingerprint density at radius 3 is 2.19 bits per heavy atom. The van der Waals surface area contributed by atoms with Gasteiger partial charge in [-0.1, -0.05) is 53.5 Å². The number of aromatic nitrogens is 2. The molecule has 0 unspecified atom stereocenters. The summed E-state index contributed by atoms with van der Waals surface area (Å²) in [5, 5.41) is 3.12. The topological polar surface area (TPSA) is 99.4 Å². The minimum atomic E-state index is -0.796. The van der Waals surface area contributed by atoms with Gasteiger partial charge in [0.25, 0.3) is 11.5 Å². The van der Waals surface area contributed by atoms with Crippen molar-refractivity contribution in [3.8, 4) is 5.69 Å². The van der Waals surface area contributed by atoms with Crippen molar-refractivity contribution in [2.45, 2.75) is 0 Å². The maximum absolute atomic E-state index is 13.0. The summed E-state index contributed by atoms with van der Waals surface area (Å²) in [4.78, 5) is 51.0. The van der Waals surface area contributed by atoms with Crippen LogP contribution in [-0.2, 0) is 16.6 Å². The molecule has 4 rings (SSSR count). The van der Waals surface area contributed by atoms with Gasteiger partial charge in [-0.05, 0) is 48.0 Å². The van der Waals surface area contributed by atoms with Crippen LogP contribution in [0.1, 0.15) is 15.9 Å². The first-order valence-electron chi connectivity index (χ1n) is 10.6. The standard InChI is InChI=1S/C26H19Cl2N3O5/c1-30-21-9-4-3-6-17(21)24(33)31(26(30)35)16-12-10-15(11-13-16)14-20(25(34)36-2)29-23(32)22-18(27)7-5-8-19(22)28/h3-14H,1-2H3,(H,29,32). The van der Waals surface area contributed by atoms with E-state index in [-0.39, 0.29) is 21.3 Å². The Balaban J connectivity index is 1.71. The fraction of sp³-hybridized carbons (Fsp3) is 0.0769. The van der Waals surface area contributed by atoms with Crippen molar-refractivity contribution in [1.82, 2.24) is 14.5 Å². The van der Waals surface area contributed by atoms with E-state index in [1.807, 2.05) is 0 Å². The number of ether oxygens (including phenoxy) is 1. The summed E-state index contributed by atoms with van der Waals surface area (Å²) in [6.45, 7) is 0. The number of para-hydroxylation sites is 1. The SMILES string of the molecule is COC(=O)C(=Cc1ccc(-n2c(=O)c3ccccc3n(C)c2=O)cc1)NC(=O)c1c(Cl)cccc1Cl. The highest BCUT2D eigenvalue weighted by Gasteiger charge is 2.19. The molecule has 3 aromatic carbocycles. The lowest BCUT2D eigenvalue weighted by Crippen LogP contribution is -2.37. The highest BCUT2D eigenvalue weighted by molar-refractivity contribution is 6.39. The number of methoxy groups -OCH3 is 1. The molecule has 0 radical (unpaired) electrons. The third-order valence-corrected chi connectivity index (χ3v) is 6.11. The highest BCUT2D eigenvalue weighted by atomic mass is 35.5. The fourth-order valence-corrected chi connectivity index (χ4v) is 4.25. The predicted octanol–water partition coefficient (Wildman–Crippen LogP) is 3.94. The van der Waals surface area contributed by atoms with Gasteiger partial charge in [-0.15, -0.1) is 0 Å². The maximum atomic E-state index is 13.0. The second-order valence-corrected chi connectivity index (χ2v) is 8.51. The fourth-order valence-electron chi connectivity index (χ4n) is 3.68. The van der Waals surface area contributed by atoms with Crippen LogP contribution in [0.5, 0.6) is 0 Å². The molecule has 0 spiro atoms. The van der Waals surface area contributed by atoms with E-state index in [9.17, 15) is 19.2 Å². The average molecular weight is 524 g/mol. The highest BCUT2D eigenvalue weighted by Crippen LogP contribution is 2.24. The first kappa shape index (κ1) is 25.0. The number of carbonyl (C=O) groups is 2. The van der Waals surface area contributed by atoms with Gasteiger partial charge in [-0.3, -0.25) is 14.2 Å². The number of benzene rings is 3. The first-order chi connectivity index (χ1) is 17.2. The van der Waals surface area contributed by atoms with Crippen LogP contribution < -0.4 is 16.6 Å². The van der Waals surface area contributed by atoms with Gasteiger partial charge >= 0.3 is 11.7 Å². The second-order valence-electron chi connectivity index (χ2n) is 7.69. The largest absolute Gasteiger partial charge is 0.464 e. The Hall–Kier alpha value is -4.14. The van der Waals surface area contributed by atoms with E-state index < -0.39 is 23.1 Å². The molecule has 36 heavy (non-hydrogen) atoms.